The van der Waals surface area contributed by atoms with Crippen LogP contribution in [0.25, 0.3) is 0 Å². The maximum atomic E-state index is 10.6. The maximum absolute atomic E-state index is 10.6. The molecule has 6 heteroatoms. The van der Waals surface area contributed by atoms with Crippen LogP contribution in [0.3, 0.4) is 0 Å². The van der Waals surface area contributed by atoms with Crippen LogP contribution in [-0.4, -0.2) is 41.4 Å². The fourth-order valence-corrected chi connectivity index (χ4v) is 2.22. The zero-order valence-electron chi connectivity index (χ0n) is 11.7. The molecular formula is C14H25ClN2O3. The van der Waals surface area contributed by atoms with Crippen LogP contribution >= 0.6 is 12.4 Å². The standard InChI is InChI=1S/C8H13NO2.C6H11NO.ClH/c1-6(11)9-8-3-2-7(4-8)5-10;7-6-2-1-5(3-6)4-8;/h2-3,7-8,10H,4-5H2,1H3,(H,9,11);1-2,5-6,8H,3-4,7H2;1H/t7-,8+;5-,6+;/m11./s1. The average Bonchev–Trinajstić information content (AvgIpc) is 2.98. The third-order valence-electron chi connectivity index (χ3n) is 3.24. The number of amides is 1. The van der Waals surface area contributed by atoms with Gasteiger partial charge in [0.25, 0.3) is 0 Å². The van der Waals surface area contributed by atoms with E-state index >= 15 is 0 Å². The Morgan fingerprint density at radius 3 is 2.05 bits per heavy atom. The van der Waals surface area contributed by atoms with Crippen molar-refractivity contribution >= 4 is 18.3 Å². The molecule has 0 radical (unpaired) electrons. The summed E-state index contributed by atoms with van der Waals surface area (Å²) in [6.45, 7) is 1.91. The number of aliphatic hydroxyl groups excluding tert-OH is 2. The monoisotopic (exact) mass is 304 g/mol. The van der Waals surface area contributed by atoms with Gasteiger partial charge in [-0.2, -0.15) is 0 Å². The number of carbonyl (C=O) groups is 1. The first-order valence-electron chi connectivity index (χ1n) is 6.66. The zero-order chi connectivity index (χ0) is 14.3. The highest BCUT2D eigenvalue weighted by Gasteiger charge is 2.17. The Bertz CT molecular complexity index is 347. The predicted molar refractivity (Wildman–Crippen MR) is 81.5 cm³/mol. The lowest BCUT2D eigenvalue weighted by Gasteiger charge is -2.10. The molecule has 116 valence electrons. The minimum Gasteiger partial charge on any atom is -0.396 e. The highest BCUT2D eigenvalue weighted by atomic mass is 35.5. The van der Waals surface area contributed by atoms with E-state index < -0.39 is 0 Å². The predicted octanol–water partition coefficient (Wildman–Crippen LogP) is 0.363. The smallest absolute Gasteiger partial charge is 0.217 e. The van der Waals surface area contributed by atoms with Gasteiger partial charge in [-0.3, -0.25) is 4.79 Å². The summed E-state index contributed by atoms with van der Waals surface area (Å²) in [5.74, 6) is 0.537. The van der Waals surface area contributed by atoms with Crippen LogP contribution < -0.4 is 11.1 Å². The van der Waals surface area contributed by atoms with E-state index in [1.54, 1.807) is 0 Å². The molecule has 0 saturated heterocycles. The van der Waals surface area contributed by atoms with Crippen molar-refractivity contribution in [2.24, 2.45) is 17.6 Å². The quantitative estimate of drug-likeness (QED) is 0.566. The molecule has 0 bridgehead atoms. The Kier molecular flexibility index (Phi) is 9.50. The number of aliphatic hydroxyl groups is 2. The lowest BCUT2D eigenvalue weighted by Crippen LogP contribution is -2.30. The Balaban J connectivity index is 0.000000359. The zero-order valence-corrected chi connectivity index (χ0v) is 12.6. The van der Waals surface area contributed by atoms with E-state index in [4.69, 9.17) is 15.9 Å². The molecule has 0 spiro atoms. The minimum absolute atomic E-state index is 0. The van der Waals surface area contributed by atoms with E-state index in [1.807, 2.05) is 24.3 Å². The number of rotatable bonds is 3. The molecule has 0 aromatic rings. The van der Waals surface area contributed by atoms with Gasteiger partial charge in [0.1, 0.15) is 0 Å². The van der Waals surface area contributed by atoms with Crippen molar-refractivity contribution in [3.05, 3.63) is 24.3 Å². The molecule has 0 heterocycles. The third-order valence-corrected chi connectivity index (χ3v) is 3.24. The van der Waals surface area contributed by atoms with Gasteiger partial charge in [0.05, 0.1) is 0 Å². The molecular weight excluding hydrogens is 280 g/mol. The summed E-state index contributed by atoms with van der Waals surface area (Å²) in [4.78, 5) is 10.6. The molecule has 1 amide bonds. The summed E-state index contributed by atoms with van der Waals surface area (Å²) in [6, 6.07) is 0.316. The fraction of sp³-hybridized carbons (Fsp3) is 0.643. The molecule has 5 nitrogen and oxygen atoms in total. The lowest BCUT2D eigenvalue weighted by molar-refractivity contribution is -0.119. The van der Waals surface area contributed by atoms with E-state index in [1.165, 1.54) is 6.92 Å². The van der Waals surface area contributed by atoms with Gasteiger partial charge in [-0.25, -0.2) is 0 Å². The van der Waals surface area contributed by atoms with Gasteiger partial charge in [0.2, 0.25) is 5.91 Å². The maximum Gasteiger partial charge on any atom is 0.217 e. The largest absolute Gasteiger partial charge is 0.396 e. The van der Waals surface area contributed by atoms with Gasteiger partial charge >= 0.3 is 0 Å². The van der Waals surface area contributed by atoms with E-state index in [0.29, 0.717) is 5.92 Å². The second kappa shape index (κ2) is 9.94. The molecule has 0 aromatic heterocycles. The van der Waals surface area contributed by atoms with Crippen molar-refractivity contribution in [1.29, 1.82) is 0 Å². The molecule has 2 aliphatic rings. The molecule has 0 unspecified atom stereocenters. The SMILES string of the molecule is CC(=O)N[C@H]1C=C[C@@H](CO)C1.Cl.N[C@H]1C=C[C@@H](CO)C1. The molecule has 0 aromatic carbocycles. The lowest BCUT2D eigenvalue weighted by atomic mass is 10.1. The van der Waals surface area contributed by atoms with E-state index in [9.17, 15) is 4.79 Å². The van der Waals surface area contributed by atoms with Crippen molar-refractivity contribution in [2.45, 2.75) is 31.8 Å². The topological polar surface area (TPSA) is 95.6 Å². The van der Waals surface area contributed by atoms with E-state index in [-0.39, 0.29) is 49.5 Å². The van der Waals surface area contributed by atoms with Crippen LogP contribution in [0.4, 0.5) is 0 Å². The normalized spacial score (nSPS) is 30.4. The van der Waals surface area contributed by atoms with Crippen LogP contribution in [0.5, 0.6) is 0 Å². The molecule has 0 fully saturated rings. The highest BCUT2D eigenvalue weighted by molar-refractivity contribution is 5.85. The number of nitrogens with one attached hydrogen (secondary N) is 1. The van der Waals surface area contributed by atoms with Crippen LogP contribution in [-0.2, 0) is 4.79 Å². The van der Waals surface area contributed by atoms with Gasteiger partial charge < -0.3 is 21.3 Å². The van der Waals surface area contributed by atoms with Crippen LogP contribution in [0.15, 0.2) is 24.3 Å². The van der Waals surface area contributed by atoms with Gasteiger partial charge in [0.15, 0.2) is 0 Å². The second-order valence-electron chi connectivity index (χ2n) is 5.10. The summed E-state index contributed by atoms with van der Waals surface area (Å²) in [5, 5.41) is 20.1. The number of halogens is 1. The first-order valence-corrected chi connectivity index (χ1v) is 6.66. The average molecular weight is 305 g/mol. The summed E-state index contributed by atoms with van der Waals surface area (Å²) >= 11 is 0. The molecule has 0 saturated carbocycles. The van der Waals surface area contributed by atoms with Crippen molar-refractivity contribution in [3.63, 3.8) is 0 Å². The Morgan fingerprint density at radius 2 is 1.70 bits per heavy atom. The number of hydrogen-bond donors (Lipinski definition) is 4. The first-order chi connectivity index (χ1) is 9.05. The number of hydrogen-bond acceptors (Lipinski definition) is 4. The minimum atomic E-state index is -0.0155. The number of nitrogens with two attached hydrogens (primary N) is 1. The van der Waals surface area contributed by atoms with Crippen LogP contribution in [0.2, 0.25) is 0 Å². The summed E-state index contributed by atoms with van der Waals surface area (Å²) < 4.78 is 0. The van der Waals surface area contributed by atoms with E-state index in [2.05, 4.69) is 5.32 Å². The summed E-state index contributed by atoms with van der Waals surface area (Å²) in [6.07, 6.45) is 9.54. The van der Waals surface area contributed by atoms with Crippen molar-refractivity contribution in [3.8, 4) is 0 Å². The molecule has 0 aliphatic heterocycles. The van der Waals surface area contributed by atoms with Crippen LogP contribution in [0.1, 0.15) is 19.8 Å². The van der Waals surface area contributed by atoms with Crippen LogP contribution in [0, 0.1) is 11.8 Å². The van der Waals surface area contributed by atoms with Gasteiger partial charge in [-0.05, 0) is 12.8 Å². The molecule has 5 N–H and O–H groups in total. The fourth-order valence-electron chi connectivity index (χ4n) is 2.22. The third kappa shape index (κ3) is 7.05. The van der Waals surface area contributed by atoms with Gasteiger partial charge in [-0.1, -0.05) is 24.3 Å². The molecule has 2 aliphatic carbocycles. The Morgan fingerprint density at radius 1 is 1.15 bits per heavy atom. The van der Waals surface area contributed by atoms with Crippen molar-refractivity contribution in [1.82, 2.24) is 5.32 Å². The molecule has 4 atom stereocenters. The van der Waals surface area contributed by atoms with Gasteiger partial charge in [0, 0.05) is 44.1 Å². The van der Waals surface area contributed by atoms with Gasteiger partial charge in [-0.15, -0.1) is 12.4 Å². The van der Waals surface area contributed by atoms with Crippen molar-refractivity contribution < 1.29 is 15.0 Å². The second-order valence-corrected chi connectivity index (χ2v) is 5.10. The molecule has 20 heavy (non-hydrogen) atoms. The Labute approximate surface area is 126 Å². The summed E-state index contributed by atoms with van der Waals surface area (Å²) in [5.41, 5.74) is 5.50. The number of carbonyl (C=O) groups excluding carboxylic acids is 1. The van der Waals surface area contributed by atoms with E-state index in [0.717, 1.165) is 12.8 Å². The molecule has 2 rings (SSSR count). The highest BCUT2D eigenvalue weighted by Crippen LogP contribution is 2.16. The van der Waals surface area contributed by atoms with Crippen molar-refractivity contribution in [2.75, 3.05) is 13.2 Å². The summed E-state index contributed by atoms with van der Waals surface area (Å²) in [7, 11) is 0. The Hall–Kier alpha value is -0.880. The first kappa shape index (κ1) is 19.1.